The summed E-state index contributed by atoms with van der Waals surface area (Å²) >= 11 is 0. The highest BCUT2D eigenvalue weighted by molar-refractivity contribution is 6.17. The Morgan fingerprint density at radius 3 is 0.850 bits per heavy atom. The fourth-order valence-electron chi connectivity index (χ4n) is 6.34. The van der Waals surface area contributed by atoms with Crippen LogP contribution in [0.15, 0.2) is 122 Å². The monoisotopic (exact) mass is 512 g/mol. The van der Waals surface area contributed by atoms with Crippen LogP contribution in [0.1, 0.15) is 0 Å². The molecule has 0 aliphatic heterocycles. The van der Waals surface area contributed by atoms with Crippen molar-refractivity contribution in [1.29, 1.82) is 0 Å². The first-order valence-electron chi connectivity index (χ1n) is 13.2. The number of hydrogen-bond donors (Lipinski definition) is 0. The molecule has 0 bridgehead atoms. The van der Waals surface area contributed by atoms with Gasteiger partial charge in [-0.15, -0.1) is 0 Å². The molecular weight excluding hydrogens is 492 g/mol. The lowest BCUT2D eigenvalue weighted by atomic mass is 10.1. The third-order valence-electron chi connectivity index (χ3n) is 7.90. The summed E-state index contributed by atoms with van der Waals surface area (Å²) in [5, 5.41) is 4.72. The van der Waals surface area contributed by atoms with Crippen LogP contribution < -0.4 is 0 Å². The van der Waals surface area contributed by atoms with Crippen LogP contribution in [-0.2, 0) is 0 Å². The number of rotatable bonds is 2. The van der Waals surface area contributed by atoms with Crippen molar-refractivity contribution < 1.29 is 0 Å². The van der Waals surface area contributed by atoms with Crippen molar-refractivity contribution in [3.63, 3.8) is 0 Å². The maximum Gasteiger partial charge on any atom is 0.117 e. The number of hydrogen-bond acceptors (Lipinski definition) is 4. The quantitative estimate of drug-likeness (QED) is 0.222. The minimum absolute atomic E-state index is 0.777. The molecule has 0 saturated heterocycles. The zero-order valence-corrected chi connectivity index (χ0v) is 21.2. The van der Waals surface area contributed by atoms with Gasteiger partial charge in [-0.2, -0.15) is 0 Å². The molecule has 0 radical (unpaired) electrons. The highest BCUT2D eigenvalue weighted by atomic mass is 15.1. The fraction of sp³-hybridized carbons (Fsp3) is 0. The molecule has 0 aliphatic rings. The molecule has 0 spiro atoms. The molecule has 0 atom stereocenters. The van der Waals surface area contributed by atoms with E-state index in [1.807, 2.05) is 0 Å². The summed E-state index contributed by atoms with van der Waals surface area (Å²) in [7, 11) is 0. The van der Waals surface area contributed by atoms with Gasteiger partial charge in [0.2, 0.25) is 0 Å². The van der Waals surface area contributed by atoms with E-state index in [0.717, 1.165) is 55.5 Å². The maximum absolute atomic E-state index is 4.97. The van der Waals surface area contributed by atoms with Gasteiger partial charge in [-0.25, -0.2) is 0 Å². The Bertz CT molecular complexity index is 2110. The van der Waals surface area contributed by atoms with Crippen molar-refractivity contribution in [1.82, 2.24) is 29.1 Å². The molecule has 0 N–H and O–H groups in total. The molecular formula is C34H20N6. The number of benzene rings is 5. The van der Waals surface area contributed by atoms with E-state index >= 15 is 0 Å². The van der Waals surface area contributed by atoms with Crippen LogP contribution in [0.5, 0.6) is 0 Å². The third-order valence-corrected chi connectivity index (χ3v) is 7.90. The predicted molar refractivity (Wildman–Crippen MR) is 161 cm³/mol. The Morgan fingerprint density at radius 1 is 0.325 bits per heavy atom. The molecule has 0 saturated carbocycles. The number of aromatic nitrogens is 6. The smallest absolute Gasteiger partial charge is 0.117 e. The molecule has 9 rings (SSSR count). The van der Waals surface area contributed by atoms with Crippen LogP contribution in [0.3, 0.4) is 0 Å². The van der Waals surface area contributed by atoms with Crippen LogP contribution in [0.25, 0.3) is 77.1 Å². The lowest BCUT2D eigenvalue weighted by molar-refractivity contribution is 1.13. The molecule has 4 heterocycles. The number of nitrogens with zero attached hydrogens (tertiary/aromatic N) is 6. The van der Waals surface area contributed by atoms with Crippen LogP contribution >= 0.6 is 0 Å². The summed E-state index contributed by atoms with van der Waals surface area (Å²) in [6.45, 7) is 0. The first-order valence-corrected chi connectivity index (χ1v) is 13.2. The van der Waals surface area contributed by atoms with Crippen molar-refractivity contribution >= 4 is 65.7 Å². The van der Waals surface area contributed by atoms with Crippen molar-refractivity contribution in [3.05, 3.63) is 122 Å². The molecule has 6 heteroatoms. The normalized spacial score (nSPS) is 12.0. The summed E-state index contributed by atoms with van der Waals surface area (Å²) < 4.78 is 4.54. The van der Waals surface area contributed by atoms with Crippen molar-refractivity contribution in [2.45, 2.75) is 0 Å². The lowest BCUT2D eigenvalue weighted by Crippen LogP contribution is -2.06. The molecule has 0 amide bonds. The van der Waals surface area contributed by atoms with Crippen molar-refractivity contribution in [2.75, 3.05) is 0 Å². The zero-order chi connectivity index (χ0) is 26.2. The largest absolute Gasteiger partial charge is 0.305 e. The van der Waals surface area contributed by atoms with Gasteiger partial charge < -0.3 is 9.13 Å². The van der Waals surface area contributed by atoms with E-state index in [1.54, 1.807) is 24.8 Å². The number of para-hydroxylation sites is 4. The van der Waals surface area contributed by atoms with E-state index in [4.69, 9.17) is 19.9 Å². The Labute approximate surface area is 227 Å². The second kappa shape index (κ2) is 7.94. The molecule has 4 aromatic heterocycles. The van der Waals surface area contributed by atoms with Crippen molar-refractivity contribution in [3.8, 4) is 11.4 Å². The minimum Gasteiger partial charge on any atom is -0.305 e. The summed E-state index contributed by atoms with van der Waals surface area (Å²) in [5.74, 6) is 0. The second-order valence-corrected chi connectivity index (χ2v) is 9.94. The lowest BCUT2D eigenvalue weighted by Gasteiger charge is -2.18. The van der Waals surface area contributed by atoms with Gasteiger partial charge in [0.1, 0.15) is 33.4 Å². The first kappa shape index (κ1) is 21.3. The van der Waals surface area contributed by atoms with Gasteiger partial charge in [0, 0.05) is 46.3 Å². The van der Waals surface area contributed by atoms with Crippen LogP contribution in [0, 0.1) is 0 Å². The van der Waals surface area contributed by atoms with E-state index in [0.29, 0.717) is 0 Å². The van der Waals surface area contributed by atoms with Gasteiger partial charge in [0.05, 0.1) is 22.1 Å². The predicted octanol–water partition coefficient (Wildman–Crippen LogP) is 7.77. The van der Waals surface area contributed by atoms with Gasteiger partial charge >= 0.3 is 0 Å². The Balaban J connectivity index is 1.54. The highest BCUT2D eigenvalue weighted by Crippen LogP contribution is 2.41. The zero-order valence-electron chi connectivity index (χ0n) is 21.2. The van der Waals surface area contributed by atoms with Gasteiger partial charge in [-0.05, 0) is 24.3 Å². The molecule has 0 aliphatic carbocycles. The SMILES string of the molecule is c1ccc2c(c1)c1ccccc1n2-c1c2nccnc2c(-n2c3ccccc3c3ccccc32)c2nccnc12. The Kier molecular flexibility index (Phi) is 4.24. The fourth-order valence-corrected chi connectivity index (χ4v) is 6.34. The molecule has 40 heavy (non-hydrogen) atoms. The summed E-state index contributed by atoms with van der Waals surface area (Å²) in [6.07, 6.45) is 7.05. The van der Waals surface area contributed by atoms with E-state index in [2.05, 4.69) is 106 Å². The van der Waals surface area contributed by atoms with E-state index in [1.165, 1.54) is 21.5 Å². The van der Waals surface area contributed by atoms with E-state index in [9.17, 15) is 0 Å². The van der Waals surface area contributed by atoms with Crippen LogP contribution in [-0.4, -0.2) is 29.1 Å². The molecule has 9 aromatic rings. The molecule has 186 valence electrons. The van der Waals surface area contributed by atoms with Crippen LogP contribution in [0.2, 0.25) is 0 Å². The summed E-state index contributed by atoms with van der Waals surface area (Å²) in [6, 6.07) is 33.9. The Hall–Kier alpha value is -5.62. The van der Waals surface area contributed by atoms with E-state index < -0.39 is 0 Å². The van der Waals surface area contributed by atoms with Gasteiger partial charge in [0.15, 0.2) is 0 Å². The topological polar surface area (TPSA) is 61.4 Å². The first-order chi connectivity index (χ1) is 19.9. The summed E-state index contributed by atoms with van der Waals surface area (Å²) in [5.41, 5.74) is 9.23. The maximum atomic E-state index is 4.97. The van der Waals surface area contributed by atoms with Gasteiger partial charge in [-0.3, -0.25) is 19.9 Å². The van der Waals surface area contributed by atoms with Gasteiger partial charge in [-0.1, -0.05) is 72.8 Å². The van der Waals surface area contributed by atoms with Crippen LogP contribution in [0.4, 0.5) is 0 Å². The average molecular weight is 513 g/mol. The number of fused-ring (bicyclic) bond motifs is 8. The highest BCUT2D eigenvalue weighted by Gasteiger charge is 2.25. The van der Waals surface area contributed by atoms with E-state index in [-0.39, 0.29) is 0 Å². The molecule has 0 fully saturated rings. The average Bonchev–Trinajstić information content (AvgIpc) is 3.53. The molecule has 6 nitrogen and oxygen atoms in total. The standard InChI is InChI=1S/C34H20N6/c1-5-13-25-21(9-1)22-10-2-6-14-26(22)39(25)33-29-31(37-19-17-35-29)34(32-30(33)36-18-20-38-32)40-27-15-7-3-11-23(27)24-12-4-8-16-28(24)40/h1-20H. The van der Waals surface area contributed by atoms with Crippen molar-refractivity contribution in [2.24, 2.45) is 0 Å². The molecule has 0 unspecified atom stereocenters. The third kappa shape index (κ3) is 2.71. The van der Waals surface area contributed by atoms with Gasteiger partial charge in [0.25, 0.3) is 0 Å². The second-order valence-electron chi connectivity index (χ2n) is 9.94. The molecule has 5 aromatic carbocycles. The Morgan fingerprint density at radius 2 is 0.575 bits per heavy atom. The summed E-state index contributed by atoms with van der Waals surface area (Å²) in [4.78, 5) is 19.9. The minimum atomic E-state index is 0.777.